The summed E-state index contributed by atoms with van der Waals surface area (Å²) in [6.45, 7) is 3.99. The largest absolute Gasteiger partial charge is 0.433 e. The minimum Gasteiger partial charge on any atom is -0.372 e. The third-order valence-electron chi connectivity index (χ3n) is 5.04. The van der Waals surface area contributed by atoms with Gasteiger partial charge in [0.2, 0.25) is 11.9 Å². The monoisotopic (exact) mass is 406 g/mol. The molecule has 1 amide bonds. The predicted molar refractivity (Wildman–Crippen MR) is 102 cm³/mol. The van der Waals surface area contributed by atoms with Gasteiger partial charge in [0.1, 0.15) is 11.2 Å². The number of alkyl halides is 3. The molecular formula is C20H21F3N4O2. The first-order chi connectivity index (χ1) is 13.6. The number of hydrogen-bond donors (Lipinski definition) is 1. The number of carbonyl (C=O) groups excluding carboxylic acids is 1. The summed E-state index contributed by atoms with van der Waals surface area (Å²) in [4.78, 5) is 20.6. The van der Waals surface area contributed by atoms with Gasteiger partial charge in [-0.2, -0.15) is 13.2 Å². The normalized spacial score (nSPS) is 21.0. The topological polar surface area (TPSA) is 69.0 Å². The molecule has 154 valence electrons. The van der Waals surface area contributed by atoms with Gasteiger partial charge >= 0.3 is 6.18 Å². The van der Waals surface area contributed by atoms with Gasteiger partial charge in [-0.25, -0.2) is 9.97 Å². The Kier molecular flexibility index (Phi) is 4.72. The molecule has 2 aliphatic rings. The summed E-state index contributed by atoms with van der Waals surface area (Å²) in [6, 6.07) is 2.14. The van der Waals surface area contributed by atoms with Gasteiger partial charge in [0.15, 0.2) is 5.65 Å². The molecule has 1 atom stereocenters. The number of ether oxygens (including phenoxy) is 1. The number of hydrogen-bond acceptors (Lipinski definition) is 4. The molecule has 3 heterocycles. The standard InChI is InChI=1S/C20H21F3N4O2/c1-19(2)10-4-7-13(29-19)11-16(28)26-18-24-14-8-9-15(20(21,22)23)25-17(14)27(18)12-5-3-6-12/h3,5-6,8-9,13H,4,7,10-11H2,1-2H3,(H,24,26,28). The highest BCUT2D eigenvalue weighted by Crippen LogP contribution is 2.33. The zero-order valence-corrected chi connectivity index (χ0v) is 16.1. The molecule has 9 heteroatoms. The van der Waals surface area contributed by atoms with Crippen molar-refractivity contribution in [2.75, 3.05) is 5.32 Å². The van der Waals surface area contributed by atoms with E-state index in [0.717, 1.165) is 25.3 Å². The Hall–Kier alpha value is -2.68. The number of nitrogens with zero attached hydrogens (tertiary/aromatic N) is 3. The maximum absolute atomic E-state index is 13.1. The number of pyridine rings is 1. The van der Waals surface area contributed by atoms with Crippen LogP contribution >= 0.6 is 0 Å². The fraction of sp³-hybridized carbons (Fsp3) is 0.450. The van der Waals surface area contributed by atoms with Crippen LogP contribution < -0.4 is 5.32 Å². The summed E-state index contributed by atoms with van der Waals surface area (Å²) in [5.74, 6) is -0.160. The van der Waals surface area contributed by atoms with E-state index < -0.39 is 11.9 Å². The van der Waals surface area contributed by atoms with Crippen LogP contribution in [0.25, 0.3) is 16.9 Å². The average molecular weight is 406 g/mol. The zero-order valence-electron chi connectivity index (χ0n) is 16.1. The summed E-state index contributed by atoms with van der Waals surface area (Å²) in [5.41, 5.74) is -0.365. The van der Waals surface area contributed by atoms with E-state index in [4.69, 9.17) is 4.74 Å². The molecule has 0 spiro atoms. The van der Waals surface area contributed by atoms with Crippen molar-refractivity contribution in [3.63, 3.8) is 0 Å². The van der Waals surface area contributed by atoms with Gasteiger partial charge in [-0.05, 0) is 57.4 Å². The lowest BCUT2D eigenvalue weighted by molar-refractivity contribution is -0.141. The number of halogens is 3. The van der Waals surface area contributed by atoms with Crippen LogP contribution in [0, 0.1) is 0 Å². The number of amides is 1. The summed E-state index contributed by atoms with van der Waals surface area (Å²) in [6.07, 6.45) is 3.27. The van der Waals surface area contributed by atoms with Gasteiger partial charge < -0.3 is 4.74 Å². The fourth-order valence-corrected chi connectivity index (χ4v) is 3.63. The van der Waals surface area contributed by atoms with Gasteiger partial charge in [0, 0.05) is 0 Å². The Balaban J connectivity index is 1.60. The van der Waals surface area contributed by atoms with E-state index in [1.54, 1.807) is 18.2 Å². The van der Waals surface area contributed by atoms with Crippen molar-refractivity contribution in [3.05, 3.63) is 36.1 Å². The van der Waals surface area contributed by atoms with Gasteiger partial charge in [0.25, 0.3) is 0 Å². The van der Waals surface area contributed by atoms with Crippen molar-refractivity contribution < 1.29 is 22.7 Å². The van der Waals surface area contributed by atoms with Crippen molar-refractivity contribution in [3.8, 4) is 0 Å². The van der Waals surface area contributed by atoms with Gasteiger partial charge in [0.05, 0.1) is 23.8 Å². The maximum Gasteiger partial charge on any atom is 0.433 e. The lowest BCUT2D eigenvalue weighted by atomic mass is 9.94. The number of rotatable bonds is 4. The zero-order chi connectivity index (χ0) is 20.8. The molecule has 1 unspecified atom stereocenters. The number of anilines is 1. The molecule has 2 aromatic rings. The van der Waals surface area contributed by atoms with Crippen molar-refractivity contribution in [2.45, 2.75) is 57.4 Å². The van der Waals surface area contributed by atoms with Crippen LogP contribution in [0.2, 0.25) is 0 Å². The molecule has 0 radical (unpaired) electrons. The molecule has 1 aliphatic carbocycles. The second-order valence-electron chi connectivity index (χ2n) is 7.90. The predicted octanol–water partition coefficient (Wildman–Crippen LogP) is 4.54. The quantitative estimate of drug-likeness (QED) is 0.810. The Morgan fingerprint density at radius 1 is 1.34 bits per heavy atom. The van der Waals surface area contributed by atoms with Crippen molar-refractivity contribution in [1.29, 1.82) is 0 Å². The molecule has 29 heavy (non-hydrogen) atoms. The minimum absolute atomic E-state index is 0.0424. The van der Waals surface area contributed by atoms with Crippen LogP contribution in [0.3, 0.4) is 0 Å². The smallest absolute Gasteiger partial charge is 0.372 e. The summed E-state index contributed by atoms with van der Waals surface area (Å²) in [5, 5.41) is 2.72. The summed E-state index contributed by atoms with van der Waals surface area (Å²) in [7, 11) is 0. The van der Waals surface area contributed by atoms with E-state index in [9.17, 15) is 18.0 Å². The number of carbonyl (C=O) groups is 1. The highest BCUT2D eigenvalue weighted by molar-refractivity contribution is 5.93. The fourth-order valence-electron chi connectivity index (χ4n) is 3.63. The molecule has 0 saturated carbocycles. The lowest BCUT2D eigenvalue weighted by Crippen LogP contribution is -2.37. The van der Waals surface area contributed by atoms with Crippen LogP contribution in [0.1, 0.15) is 45.2 Å². The SMILES string of the molecule is CC1(C)CCCC(CC(=O)Nc2nc3ccc(C(F)(F)F)nc3n2C2=CC=C2)O1. The van der Waals surface area contributed by atoms with E-state index in [0.29, 0.717) is 5.70 Å². The molecule has 2 aromatic heterocycles. The second kappa shape index (κ2) is 6.98. The van der Waals surface area contributed by atoms with Crippen LogP contribution in [0.15, 0.2) is 30.4 Å². The van der Waals surface area contributed by atoms with Crippen molar-refractivity contribution in [1.82, 2.24) is 14.5 Å². The van der Waals surface area contributed by atoms with Gasteiger partial charge in [-0.15, -0.1) is 0 Å². The Morgan fingerprint density at radius 3 is 2.72 bits per heavy atom. The number of imidazole rings is 1. The third kappa shape index (κ3) is 4.05. The summed E-state index contributed by atoms with van der Waals surface area (Å²) < 4.78 is 46.6. The van der Waals surface area contributed by atoms with Crippen LogP contribution in [-0.4, -0.2) is 32.1 Å². The second-order valence-corrected chi connectivity index (χ2v) is 7.90. The van der Waals surface area contributed by atoms with E-state index in [-0.39, 0.29) is 41.1 Å². The van der Waals surface area contributed by atoms with E-state index in [2.05, 4.69) is 15.3 Å². The van der Waals surface area contributed by atoms with E-state index in [1.165, 1.54) is 10.6 Å². The van der Waals surface area contributed by atoms with E-state index >= 15 is 0 Å². The molecule has 0 aromatic carbocycles. The minimum atomic E-state index is -4.57. The highest BCUT2D eigenvalue weighted by atomic mass is 19.4. The van der Waals surface area contributed by atoms with Crippen LogP contribution in [-0.2, 0) is 15.7 Å². The third-order valence-corrected chi connectivity index (χ3v) is 5.04. The van der Waals surface area contributed by atoms with Crippen LogP contribution in [0.5, 0.6) is 0 Å². The lowest BCUT2D eigenvalue weighted by Gasteiger charge is -2.35. The highest BCUT2D eigenvalue weighted by Gasteiger charge is 2.34. The Labute approximate surface area is 165 Å². The van der Waals surface area contributed by atoms with Crippen molar-refractivity contribution >= 4 is 28.7 Å². The molecule has 1 aliphatic heterocycles. The number of nitrogens with one attached hydrogen (secondary N) is 1. The number of fused-ring (bicyclic) bond motifs is 1. The first kappa shape index (κ1) is 19.6. The molecule has 6 nitrogen and oxygen atoms in total. The molecule has 4 rings (SSSR count). The number of aromatic nitrogens is 3. The first-order valence-corrected chi connectivity index (χ1v) is 9.45. The molecule has 1 N–H and O–H groups in total. The Bertz CT molecular complexity index is 1020. The maximum atomic E-state index is 13.1. The summed E-state index contributed by atoms with van der Waals surface area (Å²) >= 11 is 0. The average Bonchev–Trinajstić information content (AvgIpc) is 2.88. The van der Waals surface area contributed by atoms with Gasteiger partial charge in [-0.3, -0.25) is 14.7 Å². The number of allylic oxidation sites excluding steroid dienone is 4. The van der Waals surface area contributed by atoms with Gasteiger partial charge in [-0.1, -0.05) is 6.08 Å². The van der Waals surface area contributed by atoms with Crippen LogP contribution in [0.4, 0.5) is 19.1 Å². The van der Waals surface area contributed by atoms with E-state index in [1.807, 2.05) is 13.8 Å². The van der Waals surface area contributed by atoms with Crippen molar-refractivity contribution in [2.24, 2.45) is 0 Å². The molecule has 0 bridgehead atoms. The first-order valence-electron chi connectivity index (χ1n) is 9.45. The molecule has 1 saturated heterocycles. The molecular weight excluding hydrogens is 385 g/mol. The molecule has 1 fully saturated rings. The Morgan fingerprint density at radius 2 is 2.10 bits per heavy atom.